The van der Waals surface area contributed by atoms with E-state index in [0.29, 0.717) is 55.1 Å². The van der Waals surface area contributed by atoms with Crippen molar-refractivity contribution in [2.75, 3.05) is 36.8 Å². The zero-order chi connectivity index (χ0) is 30.8. The van der Waals surface area contributed by atoms with Gasteiger partial charge in [0.25, 0.3) is 11.5 Å². The summed E-state index contributed by atoms with van der Waals surface area (Å²) in [6.07, 6.45) is 2.62. The predicted molar refractivity (Wildman–Crippen MR) is 167 cm³/mol. The van der Waals surface area contributed by atoms with Crippen molar-refractivity contribution >= 4 is 46.0 Å². The van der Waals surface area contributed by atoms with E-state index < -0.39 is 11.5 Å². The van der Waals surface area contributed by atoms with E-state index in [-0.39, 0.29) is 28.1 Å². The quantitative estimate of drug-likeness (QED) is 0.218. The lowest BCUT2D eigenvalue weighted by molar-refractivity contribution is -0.119. The molecule has 1 aliphatic rings. The van der Waals surface area contributed by atoms with Crippen molar-refractivity contribution in [1.29, 1.82) is 5.26 Å². The van der Waals surface area contributed by atoms with Gasteiger partial charge in [-0.25, -0.2) is 0 Å². The largest absolute Gasteiger partial charge is 0.385 e. The van der Waals surface area contributed by atoms with Gasteiger partial charge in [-0.3, -0.25) is 23.9 Å². The first-order chi connectivity index (χ1) is 20.8. The summed E-state index contributed by atoms with van der Waals surface area (Å²) in [4.78, 5) is 39.7. The van der Waals surface area contributed by atoms with Crippen molar-refractivity contribution in [2.45, 2.75) is 38.8 Å². The van der Waals surface area contributed by atoms with Crippen molar-refractivity contribution in [1.82, 2.24) is 14.8 Å². The molecule has 10 nitrogen and oxygen atoms in total. The van der Waals surface area contributed by atoms with Gasteiger partial charge in [-0.05, 0) is 50.5 Å². The highest BCUT2D eigenvalue weighted by atomic mass is 32.1. The molecule has 0 saturated carbocycles. The van der Waals surface area contributed by atoms with Crippen molar-refractivity contribution in [3.63, 3.8) is 0 Å². The first kappa shape index (κ1) is 31.3. The molecule has 1 aromatic heterocycles. The highest BCUT2D eigenvalue weighted by Crippen LogP contribution is 2.32. The molecule has 43 heavy (non-hydrogen) atoms. The number of hydrogen-bond acceptors (Lipinski definition) is 8. The summed E-state index contributed by atoms with van der Waals surface area (Å²) in [7, 11) is 0. The Morgan fingerprint density at radius 3 is 2.49 bits per heavy atom. The number of nitriles is 1. The smallest absolute Gasteiger partial charge is 0.277 e. The summed E-state index contributed by atoms with van der Waals surface area (Å²) in [6.45, 7) is 5.70. The van der Waals surface area contributed by atoms with Crippen LogP contribution in [-0.2, 0) is 21.7 Å². The number of anilines is 2. The molecule has 0 spiro atoms. The van der Waals surface area contributed by atoms with Crippen LogP contribution >= 0.6 is 11.3 Å². The Labute approximate surface area is 253 Å². The number of carbonyl (C=O) groups is 2. The van der Waals surface area contributed by atoms with Crippen LogP contribution in [0.5, 0.6) is 0 Å². The Morgan fingerprint density at radius 2 is 1.81 bits per heavy atom. The molecule has 1 fully saturated rings. The van der Waals surface area contributed by atoms with Crippen LogP contribution in [0.2, 0.25) is 0 Å². The number of likely N-dealkylation sites (tertiary alicyclic amines) is 1. The fraction of sp³-hybridized carbons (Fsp3) is 0.312. The maximum atomic E-state index is 12.8. The van der Waals surface area contributed by atoms with Gasteiger partial charge in [0.15, 0.2) is 5.57 Å². The minimum atomic E-state index is -0.868. The monoisotopic (exact) mass is 598 g/mol. The summed E-state index contributed by atoms with van der Waals surface area (Å²) in [5.41, 5.74) is 6.53. The summed E-state index contributed by atoms with van der Waals surface area (Å²) < 4.78 is 2.07. The van der Waals surface area contributed by atoms with E-state index >= 15 is 0 Å². The van der Waals surface area contributed by atoms with Gasteiger partial charge in [0.1, 0.15) is 15.3 Å². The van der Waals surface area contributed by atoms with E-state index in [9.17, 15) is 24.8 Å². The van der Waals surface area contributed by atoms with Gasteiger partial charge in [-0.2, -0.15) is 5.26 Å². The van der Waals surface area contributed by atoms with Gasteiger partial charge in [-0.1, -0.05) is 59.2 Å². The van der Waals surface area contributed by atoms with Gasteiger partial charge >= 0.3 is 0 Å². The van der Waals surface area contributed by atoms with Crippen LogP contribution in [0.25, 0.3) is 11.5 Å². The lowest BCUT2D eigenvalue weighted by atomic mass is 9.84. The summed E-state index contributed by atoms with van der Waals surface area (Å²) in [5.74, 6) is -0.696. The van der Waals surface area contributed by atoms with E-state index in [1.54, 1.807) is 32.0 Å². The molecule has 2 amide bonds. The first-order valence-corrected chi connectivity index (χ1v) is 14.9. The molecule has 2 heterocycles. The zero-order valence-corrected chi connectivity index (χ0v) is 25.0. The van der Waals surface area contributed by atoms with Crippen LogP contribution in [0.1, 0.15) is 32.3 Å². The van der Waals surface area contributed by atoms with Crippen LogP contribution in [0.4, 0.5) is 11.4 Å². The molecular formula is C32H34N6O4S. The first-order valence-electron chi connectivity index (χ1n) is 14.1. The van der Waals surface area contributed by atoms with Gasteiger partial charge in [0.2, 0.25) is 5.91 Å². The Bertz CT molecular complexity index is 1770. The Balaban J connectivity index is 1.42. The lowest BCUT2D eigenvalue weighted by Gasteiger charge is -2.38. The minimum Gasteiger partial charge on any atom is -0.385 e. The number of likely N-dealkylation sites (N-methyl/N-ethyl adjacent to an activating group) is 1. The molecule has 0 unspecified atom stereocenters. The number of rotatable bonds is 9. The van der Waals surface area contributed by atoms with Crippen molar-refractivity contribution < 1.29 is 14.7 Å². The number of aromatic nitrogens is 1. The van der Waals surface area contributed by atoms with E-state index in [2.05, 4.69) is 27.4 Å². The number of hydrogen-bond donors (Lipinski definition) is 4. The number of benzene rings is 2. The molecule has 4 rings (SSSR count). The highest BCUT2D eigenvalue weighted by Gasteiger charge is 2.34. The number of nitrogens with zero attached hydrogens (tertiary/aromatic N) is 3. The SMILES string of the molecule is CCNC(=O)C(=C=c1sc(=C=CNc2cccc(NC(=O)CN3CCC(O)(c4ccccc4)CC3)c2)c(=O)n1CC)C#N. The number of aliphatic hydroxyl groups is 1. The average molecular weight is 599 g/mol. The van der Waals surface area contributed by atoms with E-state index in [4.69, 9.17) is 0 Å². The zero-order valence-electron chi connectivity index (χ0n) is 24.1. The normalized spacial score (nSPS) is 14.0. The maximum absolute atomic E-state index is 12.8. The van der Waals surface area contributed by atoms with Gasteiger partial charge in [0, 0.05) is 43.8 Å². The third-order valence-corrected chi connectivity index (χ3v) is 8.07. The molecule has 222 valence electrons. The fourth-order valence-corrected chi connectivity index (χ4v) is 5.75. The summed E-state index contributed by atoms with van der Waals surface area (Å²) in [5, 5.41) is 28.9. The number of nitrogens with one attached hydrogen (secondary N) is 3. The Hall–Kier alpha value is -4.68. The van der Waals surface area contributed by atoms with Gasteiger partial charge in [0.05, 0.1) is 12.1 Å². The molecule has 1 aliphatic heterocycles. The van der Waals surface area contributed by atoms with Crippen molar-refractivity contribution in [3.05, 3.63) is 91.5 Å². The minimum absolute atomic E-state index is 0.149. The second-order valence-electron chi connectivity index (χ2n) is 9.99. The van der Waals surface area contributed by atoms with Gasteiger partial charge < -0.3 is 21.1 Å². The molecule has 11 heteroatoms. The molecule has 1 saturated heterocycles. The maximum Gasteiger partial charge on any atom is 0.277 e. The third kappa shape index (κ3) is 7.99. The molecule has 0 radical (unpaired) electrons. The average Bonchev–Trinajstić information content (AvgIpc) is 3.31. The standard InChI is InChI=1S/C32H34N6O4S/c1-3-34-30(40)23(21-33)19-29-38(4-2)31(41)27(43-29)13-16-35-25-11-8-12-26(20-25)36-28(39)22-37-17-14-32(42,15-18-37)24-9-6-5-7-10-24/h5-12,16,20,35,42H,3-4,14-15,17-18,22H2,1-2H3,(H,34,40)(H,36,39). The van der Waals surface area contributed by atoms with Crippen LogP contribution in [-0.4, -0.2) is 52.6 Å². The van der Waals surface area contributed by atoms with Crippen molar-refractivity contribution in [3.8, 4) is 6.07 Å². The van der Waals surface area contributed by atoms with E-state index in [1.165, 1.54) is 10.8 Å². The second-order valence-corrected chi connectivity index (χ2v) is 11.0. The molecule has 2 aromatic carbocycles. The topological polar surface area (TPSA) is 139 Å². The summed E-state index contributed by atoms with van der Waals surface area (Å²) >= 11 is 1.08. The molecule has 0 atom stereocenters. The Morgan fingerprint density at radius 1 is 1.09 bits per heavy atom. The number of carbonyl (C=O) groups excluding carboxylic acids is 2. The number of thiazole rings is 1. The van der Waals surface area contributed by atoms with Crippen LogP contribution in [0.3, 0.4) is 0 Å². The fourth-order valence-electron chi connectivity index (χ4n) is 4.77. The molecule has 0 aliphatic carbocycles. The number of amides is 2. The van der Waals surface area contributed by atoms with E-state index in [1.807, 2.05) is 47.4 Å². The predicted octanol–water partition coefficient (Wildman–Crippen LogP) is 1.82. The molecule has 3 aromatic rings. The second kappa shape index (κ2) is 14.5. The van der Waals surface area contributed by atoms with Crippen molar-refractivity contribution in [2.24, 2.45) is 0 Å². The summed E-state index contributed by atoms with van der Waals surface area (Å²) in [6, 6.07) is 18.6. The molecular weight excluding hydrogens is 564 g/mol. The van der Waals surface area contributed by atoms with Crippen LogP contribution in [0, 0.1) is 11.3 Å². The van der Waals surface area contributed by atoms with Gasteiger partial charge in [-0.15, -0.1) is 0 Å². The Kier molecular flexibility index (Phi) is 10.5. The lowest BCUT2D eigenvalue weighted by Crippen LogP contribution is -2.45. The molecule has 4 N–H and O–H groups in total. The third-order valence-electron chi connectivity index (χ3n) is 7.06. The highest BCUT2D eigenvalue weighted by molar-refractivity contribution is 7.07. The molecule has 0 bridgehead atoms. The van der Waals surface area contributed by atoms with Crippen LogP contribution < -0.4 is 30.7 Å². The van der Waals surface area contributed by atoms with Crippen LogP contribution in [0.15, 0.2) is 71.2 Å². The van der Waals surface area contributed by atoms with E-state index in [0.717, 1.165) is 16.9 Å². The number of piperidine rings is 1.